The van der Waals surface area contributed by atoms with Gasteiger partial charge in [-0.1, -0.05) is 18.2 Å². The maximum atomic E-state index is 13.1. The van der Waals surface area contributed by atoms with E-state index < -0.39 is 46.8 Å². The van der Waals surface area contributed by atoms with Crippen LogP contribution in [0.15, 0.2) is 24.8 Å². The third-order valence-corrected chi connectivity index (χ3v) is 5.87. The van der Waals surface area contributed by atoms with Crippen LogP contribution in [0.3, 0.4) is 0 Å². The monoisotopic (exact) mass is 668 g/mol. The molecule has 0 radical (unpaired) electrons. The van der Waals surface area contributed by atoms with Crippen LogP contribution in [0.1, 0.15) is 103 Å². The molecule has 0 fully saturated rings. The first-order valence-corrected chi connectivity index (χ1v) is 16.5. The number of amides is 4. The summed E-state index contributed by atoms with van der Waals surface area (Å²) in [7, 11) is 0. The molecule has 0 aromatic heterocycles. The molecule has 272 valence electrons. The van der Waals surface area contributed by atoms with Gasteiger partial charge in [-0.25, -0.2) is 19.2 Å². The Kier molecular flexibility index (Phi) is 18.0. The Morgan fingerprint density at radius 2 is 0.745 bits per heavy atom. The van der Waals surface area contributed by atoms with Crippen LogP contribution in [-0.2, 0) is 18.9 Å². The fourth-order valence-corrected chi connectivity index (χ4v) is 3.92. The van der Waals surface area contributed by atoms with Gasteiger partial charge < -0.3 is 38.5 Å². The van der Waals surface area contributed by atoms with Crippen molar-refractivity contribution in [3.8, 4) is 0 Å². The zero-order chi connectivity index (χ0) is 36.6. The first kappa shape index (κ1) is 43.6. The van der Waals surface area contributed by atoms with Crippen LogP contribution in [0.5, 0.6) is 0 Å². The summed E-state index contributed by atoms with van der Waals surface area (Å²) in [6.45, 7) is 30.0. The van der Waals surface area contributed by atoms with Gasteiger partial charge in [-0.2, -0.15) is 0 Å². The van der Waals surface area contributed by atoms with Crippen LogP contribution in [0.25, 0.3) is 0 Å². The van der Waals surface area contributed by atoms with Gasteiger partial charge in [0.1, 0.15) is 22.4 Å². The molecule has 0 aliphatic carbocycles. The summed E-state index contributed by atoms with van der Waals surface area (Å²) in [6.07, 6.45) is 4.43. The Bertz CT molecular complexity index is 1030. The van der Waals surface area contributed by atoms with Crippen molar-refractivity contribution in [2.24, 2.45) is 0 Å². The van der Waals surface area contributed by atoms with Crippen LogP contribution in [0.4, 0.5) is 19.2 Å². The van der Waals surface area contributed by atoms with E-state index in [0.717, 1.165) is 0 Å². The van der Waals surface area contributed by atoms with Gasteiger partial charge in [-0.3, -0.25) is 0 Å². The lowest BCUT2D eigenvalue weighted by atomic mass is 10.2. The summed E-state index contributed by atoms with van der Waals surface area (Å²) in [5, 5.41) is 0. The van der Waals surface area contributed by atoms with Gasteiger partial charge in [0, 0.05) is 52.4 Å². The minimum atomic E-state index is -0.691. The Balaban J connectivity index is 5.61. The minimum Gasteiger partial charge on any atom is -0.444 e. The first-order chi connectivity index (χ1) is 21.4. The molecule has 0 saturated carbocycles. The Morgan fingerprint density at radius 1 is 0.489 bits per heavy atom. The zero-order valence-corrected chi connectivity index (χ0v) is 31.6. The van der Waals surface area contributed by atoms with Crippen molar-refractivity contribution in [1.82, 2.24) is 19.6 Å². The fraction of sp³-hybridized carbons (Fsp3) is 0.771. The summed E-state index contributed by atoms with van der Waals surface area (Å²) in [5.41, 5.74) is -2.61. The van der Waals surface area contributed by atoms with Crippen molar-refractivity contribution in [3.63, 3.8) is 0 Å². The molecular formula is C35H64N4O8. The highest BCUT2D eigenvalue weighted by Gasteiger charge is 2.26. The van der Waals surface area contributed by atoms with Gasteiger partial charge in [-0.15, -0.1) is 6.58 Å². The van der Waals surface area contributed by atoms with Gasteiger partial charge in [0.2, 0.25) is 0 Å². The van der Waals surface area contributed by atoms with Gasteiger partial charge in [0.15, 0.2) is 0 Å². The van der Waals surface area contributed by atoms with E-state index in [4.69, 9.17) is 18.9 Å². The topological polar surface area (TPSA) is 118 Å². The van der Waals surface area contributed by atoms with E-state index in [2.05, 4.69) is 6.58 Å². The molecule has 0 atom stereocenters. The average molecular weight is 669 g/mol. The lowest BCUT2D eigenvalue weighted by Crippen LogP contribution is -2.41. The van der Waals surface area contributed by atoms with E-state index in [1.807, 2.05) is 27.7 Å². The third-order valence-electron chi connectivity index (χ3n) is 5.87. The van der Waals surface area contributed by atoms with Crippen molar-refractivity contribution in [3.05, 3.63) is 24.8 Å². The Morgan fingerprint density at radius 3 is 1.00 bits per heavy atom. The lowest BCUT2D eigenvalue weighted by Gasteiger charge is -2.29. The number of carbonyl (C=O) groups excluding carboxylic acids is 4. The second kappa shape index (κ2) is 19.4. The van der Waals surface area contributed by atoms with E-state index in [-0.39, 0.29) is 13.1 Å². The molecule has 12 heteroatoms. The molecule has 0 aliphatic heterocycles. The summed E-state index contributed by atoms with van der Waals surface area (Å²) < 4.78 is 22.3. The molecule has 0 rings (SSSR count). The van der Waals surface area contributed by atoms with Gasteiger partial charge in [-0.05, 0) is 103 Å². The van der Waals surface area contributed by atoms with Crippen molar-refractivity contribution in [2.45, 2.75) is 125 Å². The van der Waals surface area contributed by atoms with Crippen LogP contribution in [0.2, 0.25) is 0 Å². The van der Waals surface area contributed by atoms with Crippen LogP contribution in [0, 0.1) is 0 Å². The minimum absolute atomic E-state index is 0.229. The molecule has 12 nitrogen and oxygen atoms in total. The molecule has 0 unspecified atom stereocenters. The number of hydrogen-bond donors (Lipinski definition) is 0. The molecule has 0 aliphatic rings. The molecular weight excluding hydrogens is 604 g/mol. The first-order valence-electron chi connectivity index (χ1n) is 16.5. The summed E-state index contributed by atoms with van der Waals surface area (Å²) in [4.78, 5) is 57.6. The Labute approximate surface area is 284 Å². The van der Waals surface area contributed by atoms with E-state index in [1.165, 1.54) is 0 Å². The fourth-order valence-electron chi connectivity index (χ4n) is 3.92. The van der Waals surface area contributed by atoms with Crippen molar-refractivity contribution >= 4 is 24.4 Å². The molecule has 0 saturated heterocycles. The summed E-state index contributed by atoms with van der Waals surface area (Å²) in [5.74, 6) is 0. The normalized spacial score (nSPS) is 12.3. The quantitative estimate of drug-likeness (QED) is 0.130. The van der Waals surface area contributed by atoms with E-state index >= 15 is 0 Å². The molecule has 4 amide bonds. The molecule has 0 aromatic rings. The molecule has 0 heterocycles. The predicted octanol–water partition coefficient (Wildman–Crippen LogP) is 7.48. The van der Waals surface area contributed by atoms with Crippen molar-refractivity contribution in [1.29, 1.82) is 0 Å². The van der Waals surface area contributed by atoms with E-state index in [9.17, 15) is 19.2 Å². The Hall–Kier alpha value is -3.44. The number of ether oxygens (including phenoxy) is 4. The largest absolute Gasteiger partial charge is 0.444 e. The molecule has 47 heavy (non-hydrogen) atoms. The van der Waals surface area contributed by atoms with E-state index in [0.29, 0.717) is 52.1 Å². The average Bonchev–Trinajstić information content (AvgIpc) is 2.86. The van der Waals surface area contributed by atoms with Crippen LogP contribution >= 0.6 is 0 Å². The summed E-state index contributed by atoms with van der Waals surface area (Å²) in [6, 6.07) is 0. The zero-order valence-electron chi connectivity index (χ0n) is 31.6. The van der Waals surface area contributed by atoms with E-state index in [1.54, 1.807) is 100 Å². The number of carbonyl (C=O) groups is 4. The number of nitrogens with zero attached hydrogens (tertiary/aromatic N) is 4. The second-order valence-electron chi connectivity index (χ2n) is 15.3. The lowest BCUT2D eigenvalue weighted by molar-refractivity contribution is 0.0202. The van der Waals surface area contributed by atoms with Crippen LogP contribution in [-0.4, -0.2) is 119 Å². The number of rotatable bonds is 15. The molecule has 0 N–H and O–H groups in total. The smallest absolute Gasteiger partial charge is 0.410 e. The van der Waals surface area contributed by atoms with Gasteiger partial charge >= 0.3 is 24.4 Å². The number of hydrogen-bond acceptors (Lipinski definition) is 8. The highest BCUT2D eigenvalue weighted by molar-refractivity contribution is 5.70. The van der Waals surface area contributed by atoms with Gasteiger partial charge in [0.05, 0.1) is 0 Å². The van der Waals surface area contributed by atoms with Crippen molar-refractivity contribution in [2.75, 3.05) is 52.4 Å². The SMILES string of the molecule is C=CCN(CCCN(CC=CCN(CCCN(CC)C(=O)OC(C)(C)C)C(=O)OC(C)(C)C)C(=O)OC(C)(C)C)C(=O)OC(C)(C)C. The van der Waals surface area contributed by atoms with Crippen molar-refractivity contribution < 1.29 is 38.1 Å². The standard InChI is InChI=1S/C35H64N4O8/c1-15-21-37(29(41)45-33(6,7)8)25-20-27-39(31(43)47-35(12,13)14)23-18-17-22-38(30(42)46-34(9,10)11)26-19-24-36(16-2)28(40)44-32(3,4)5/h15,17-18H,1,16,19-27H2,2-14H3. The molecule has 0 aromatic carbocycles. The predicted molar refractivity (Wildman–Crippen MR) is 185 cm³/mol. The summed E-state index contributed by atoms with van der Waals surface area (Å²) >= 11 is 0. The highest BCUT2D eigenvalue weighted by atomic mass is 16.6. The molecule has 0 spiro atoms. The van der Waals surface area contributed by atoms with Gasteiger partial charge in [0.25, 0.3) is 0 Å². The highest BCUT2D eigenvalue weighted by Crippen LogP contribution is 2.15. The third kappa shape index (κ3) is 21.9. The molecule has 0 bridgehead atoms. The second-order valence-corrected chi connectivity index (χ2v) is 15.3. The maximum Gasteiger partial charge on any atom is 0.410 e. The van der Waals surface area contributed by atoms with Crippen LogP contribution < -0.4 is 0 Å². The maximum absolute atomic E-state index is 13.1.